The van der Waals surface area contributed by atoms with E-state index >= 15 is 0 Å². The van der Waals surface area contributed by atoms with Crippen LogP contribution in [0.25, 0.3) is 10.6 Å². The lowest BCUT2D eigenvalue weighted by atomic mass is 9.36. The summed E-state index contributed by atoms with van der Waals surface area (Å²) in [7, 11) is 0. The highest BCUT2D eigenvalue weighted by molar-refractivity contribution is 7.13. The maximum Gasteiger partial charge on any atom is 0.139 e. The number of thiazole rings is 1. The van der Waals surface area contributed by atoms with E-state index in [0.717, 1.165) is 62.8 Å². The largest absolute Gasteiger partial charge is 0.389 e. The smallest absolute Gasteiger partial charge is 0.139 e. The molecule has 5 fully saturated rings. The van der Waals surface area contributed by atoms with Crippen molar-refractivity contribution < 1.29 is 19.7 Å². The summed E-state index contributed by atoms with van der Waals surface area (Å²) in [6, 6.07) is 6.96. The van der Waals surface area contributed by atoms with Gasteiger partial charge in [-0.15, -0.1) is 11.3 Å². The van der Waals surface area contributed by atoms with Gasteiger partial charge in [-0.1, -0.05) is 32.9 Å². The second-order valence-corrected chi connectivity index (χ2v) is 16.1. The zero-order valence-corrected chi connectivity index (χ0v) is 24.3. The maximum atomic E-state index is 13.4. The van der Waals surface area contributed by atoms with Gasteiger partial charge in [0.05, 0.1) is 12.2 Å². The molecule has 1 aliphatic heterocycles. The minimum atomic E-state index is -0.799. The van der Waals surface area contributed by atoms with E-state index in [1.807, 2.05) is 11.6 Å². The number of rotatable bonds is 1. The van der Waals surface area contributed by atoms with Gasteiger partial charge >= 0.3 is 0 Å². The molecule has 1 aromatic heterocycles. The Morgan fingerprint density at radius 1 is 1.10 bits per heavy atom. The molecule has 4 saturated carbocycles. The third kappa shape index (κ3) is 3.35. The standard InChI is InChI=1S/C33H41NO4S/c1-29(2)17-31(38-37-19-29)10-11-32-15-21-14-20(28-34-12-13-39-28)4-5-22(21)24-16-30(3)25(6-7-26(30)35)23(27(24)32)8-9-33(32,36)18-31/h4-5,12-14,23-25,27,36H,6-11,15-19H2,1-3H3/t23-,24+,25-,27+,30-,31?,32-,33+/m0/s1. The van der Waals surface area contributed by atoms with Crippen molar-refractivity contribution in [1.82, 2.24) is 4.98 Å². The SMILES string of the molecule is CC1(C)COOC2(CC[C@@]34Cc5cc(-c6nccs6)ccc5[C@H]5C[C@]6(C)C(=O)CC[C@H]6[C@H](CC[C@@]3(O)C2)[C@H]54)C1. The summed E-state index contributed by atoms with van der Waals surface area (Å²) in [4.78, 5) is 29.9. The van der Waals surface area contributed by atoms with Crippen molar-refractivity contribution in [3.05, 3.63) is 40.9 Å². The van der Waals surface area contributed by atoms with Crippen LogP contribution < -0.4 is 0 Å². The van der Waals surface area contributed by atoms with Crippen LogP contribution in [0.1, 0.15) is 95.6 Å². The Bertz CT molecular complexity index is 1340. The van der Waals surface area contributed by atoms with Crippen LogP contribution in [0.15, 0.2) is 29.8 Å². The van der Waals surface area contributed by atoms with Crippen LogP contribution in [0.3, 0.4) is 0 Å². The molecule has 1 saturated heterocycles. The van der Waals surface area contributed by atoms with Crippen LogP contribution in [0, 0.1) is 34.0 Å². The normalized spacial score (nSPS) is 45.8. The molecule has 1 N–H and O–H groups in total. The molecule has 2 spiro atoms. The van der Waals surface area contributed by atoms with E-state index in [-0.39, 0.29) is 16.2 Å². The first-order chi connectivity index (χ1) is 18.6. The van der Waals surface area contributed by atoms with Crippen molar-refractivity contribution in [3.63, 3.8) is 0 Å². The molecule has 0 radical (unpaired) electrons. The molecule has 208 valence electrons. The Morgan fingerprint density at radius 3 is 2.77 bits per heavy atom. The van der Waals surface area contributed by atoms with Gasteiger partial charge < -0.3 is 5.11 Å². The van der Waals surface area contributed by atoms with Crippen molar-refractivity contribution >= 4 is 17.1 Å². The number of hydrogen-bond donors (Lipinski definition) is 1. The number of aromatic nitrogens is 1. The average Bonchev–Trinajstić information content (AvgIpc) is 3.52. The molecular formula is C33H41NO4S. The van der Waals surface area contributed by atoms with Crippen LogP contribution in [-0.4, -0.2) is 33.7 Å². The third-order valence-electron chi connectivity index (χ3n) is 12.5. The second-order valence-electron chi connectivity index (χ2n) is 15.2. The van der Waals surface area contributed by atoms with E-state index in [0.29, 0.717) is 42.5 Å². The van der Waals surface area contributed by atoms with Gasteiger partial charge in [0.2, 0.25) is 0 Å². The predicted octanol–water partition coefficient (Wildman–Crippen LogP) is 6.88. The van der Waals surface area contributed by atoms with Crippen LogP contribution in [-0.2, 0) is 21.0 Å². The minimum Gasteiger partial charge on any atom is -0.389 e. The number of carbonyl (C=O) groups is 1. The monoisotopic (exact) mass is 547 g/mol. The van der Waals surface area contributed by atoms with Crippen molar-refractivity contribution in [2.24, 2.45) is 34.0 Å². The van der Waals surface area contributed by atoms with E-state index in [2.05, 4.69) is 44.0 Å². The van der Waals surface area contributed by atoms with E-state index in [1.54, 1.807) is 11.3 Å². The summed E-state index contributed by atoms with van der Waals surface area (Å²) >= 11 is 1.68. The number of nitrogens with zero attached hydrogens (tertiary/aromatic N) is 1. The fraction of sp³-hybridized carbons (Fsp3) is 0.697. The Morgan fingerprint density at radius 2 is 1.97 bits per heavy atom. The quantitative estimate of drug-likeness (QED) is 0.394. The molecular weight excluding hydrogens is 506 g/mol. The summed E-state index contributed by atoms with van der Waals surface area (Å²) in [6.07, 6.45) is 10.8. The lowest BCUT2D eigenvalue weighted by Gasteiger charge is -2.70. The topological polar surface area (TPSA) is 68.7 Å². The fourth-order valence-electron chi connectivity index (χ4n) is 11.2. The summed E-state index contributed by atoms with van der Waals surface area (Å²) in [5.74, 6) is 2.15. The maximum absolute atomic E-state index is 13.4. The molecule has 2 aromatic rings. The van der Waals surface area contributed by atoms with E-state index in [9.17, 15) is 9.90 Å². The Balaban J connectivity index is 1.27. The summed E-state index contributed by atoms with van der Waals surface area (Å²) in [6.45, 7) is 7.40. The van der Waals surface area contributed by atoms with Crippen molar-refractivity contribution in [2.75, 3.05) is 6.61 Å². The fourth-order valence-corrected chi connectivity index (χ4v) is 11.8. The summed E-state index contributed by atoms with van der Waals surface area (Å²) in [5, 5.41) is 16.0. The lowest BCUT2D eigenvalue weighted by molar-refractivity contribution is -0.425. The van der Waals surface area contributed by atoms with Gasteiger partial charge in [0, 0.05) is 40.8 Å². The van der Waals surface area contributed by atoms with Crippen LogP contribution in [0.2, 0.25) is 0 Å². The minimum absolute atomic E-state index is 0.0392. The highest BCUT2D eigenvalue weighted by atomic mass is 32.1. The van der Waals surface area contributed by atoms with Crippen LogP contribution in [0.4, 0.5) is 0 Å². The first-order valence-electron chi connectivity index (χ1n) is 15.2. The van der Waals surface area contributed by atoms with Gasteiger partial charge in [-0.25, -0.2) is 14.8 Å². The third-order valence-corrected chi connectivity index (χ3v) is 13.3. The van der Waals surface area contributed by atoms with Gasteiger partial charge in [-0.05, 0) is 97.6 Å². The van der Waals surface area contributed by atoms with Crippen LogP contribution >= 0.6 is 11.3 Å². The zero-order valence-electron chi connectivity index (χ0n) is 23.5. The Hall–Kier alpha value is -1.60. The first-order valence-corrected chi connectivity index (χ1v) is 16.0. The van der Waals surface area contributed by atoms with Crippen molar-refractivity contribution in [3.8, 4) is 10.6 Å². The summed E-state index contributed by atoms with van der Waals surface area (Å²) in [5.41, 5.74) is 2.36. The molecule has 8 rings (SSSR count). The van der Waals surface area contributed by atoms with Gasteiger partial charge in [-0.3, -0.25) is 4.79 Å². The number of hydrogen-bond acceptors (Lipinski definition) is 6. The predicted molar refractivity (Wildman–Crippen MR) is 150 cm³/mol. The zero-order chi connectivity index (χ0) is 26.8. The van der Waals surface area contributed by atoms with Crippen molar-refractivity contribution in [1.29, 1.82) is 0 Å². The van der Waals surface area contributed by atoms with Gasteiger partial charge in [-0.2, -0.15) is 0 Å². The molecule has 6 aliphatic rings. The lowest BCUT2D eigenvalue weighted by Crippen LogP contribution is -2.70. The number of Topliss-reactive ketones (excluding diaryl/α,β-unsaturated/α-hetero) is 1. The van der Waals surface area contributed by atoms with Gasteiger partial charge in [0.1, 0.15) is 16.4 Å². The molecule has 1 unspecified atom stereocenters. The Kier molecular flexibility index (Phi) is 5.17. The molecule has 2 heterocycles. The number of ketones is 1. The first kappa shape index (κ1) is 25.1. The van der Waals surface area contributed by atoms with Gasteiger partial charge in [0.25, 0.3) is 0 Å². The van der Waals surface area contributed by atoms with Gasteiger partial charge in [0.15, 0.2) is 0 Å². The number of aliphatic hydroxyl groups is 1. The molecule has 5 nitrogen and oxygen atoms in total. The van der Waals surface area contributed by atoms with Crippen LogP contribution in [0.5, 0.6) is 0 Å². The molecule has 5 aliphatic carbocycles. The van der Waals surface area contributed by atoms with E-state index < -0.39 is 11.2 Å². The molecule has 0 bridgehead atoms. The molecule has 6 heteroatoms. The highest BCUT2D eigenvalue weighted by Gasteiger charge is 2.72. The second kappa shape index (κ2) is 8.02. The summed E-state index contributed by atoms with van der Waals surface area (Å²) < 4.78 is 0. The number of carbonyl (C=O) groups excluding carboxylic acids is 1. The molecule has 8 atom stereocenters. The molecule has 39 heavy (non-hydrogen) atoms. The molecule has 0 amide bonds. The average molecular weight is 548 g/mol. The number of benzene rings is 1. The number of fused-ring (bicyclic) bond motifs is 4. The Labute approximate surface area is 235 Å². The molecule has 1 aromatic carbocycles. The highest BCUT2D eigenvalue weighted by Crippen LogP contribution is 2.74. The van der Waals surface area contributed by atoms with E-state index in [4.69, 9.17) is 9.78 Å². The van der Waals surface area contributed by atoms with Crippen molar-refractivity contribution in [2.45, 2.75) is 102 Å². The van der Waals surface area contributed by atoms with E-state index in [1.165, 1.54) is 16.7 Å².